The molecule has 0 spiro atoms. The van der Waals surface area contributed by atoms with Gasteiger partial charge in [-0.15, -0.1) is 11.3 Å². The summed E-state index contributed by atoms with van der Waals surface area (Å²) >= 11 is 1.08. The summed E-state index contributed by atoms with van der Waals surface area (Å²) in [5.41, 5.74) is 1.11. The first-order valence-corrected chi connectivity index (χ1v) is 11.6. The Morgan fingerprint density at radius 1 is 1.15 bits per heavy atom. The largest absolute Gasteiger partial charge is 0.433 e. The van der Waals surface area contributed by atoms with Gasteiger partial charge in [0.25, 0.3) is 0 Å². The number of hydrogen-bond donors (Lipinski definition) is 1. The number of rotatable bonds is 8. The lowest BCUT2D eigenvalue weighted by molar-refractivity contribution is -0.147. The number of thiophene rings is 1. The second-order valence-corrected chi connectivity index (χ2v) is 9.48. The molecule has 3 rings (SSSR count). The lowest BCUT2D eigenvalue weighted by Crippen LogP contribution is -2.22. The molecule has 1 aromatic carbocycles. The monoisotopic (exact) mass is 501 g/mol. The third kappa shape index (κ3) is 6.35. The first kappa shape index (κ1) is 24.3. The molecule has 0 aliphatic heterocycles. The van der Waals surface area contributed by atoms with Gasteiger partial charge >= 0.3 is 12.1 Å². The summed E-state index contributed by atoms with van der Waals surface area (Å²) in [6.07, 6.45) is -5.59. The van der Waals surface area contributed by atoms with Crippen molar-refractivity contribution in [2.24, 2.45) is 0 Å². The van der Waals surface area contributed by atoms with Crippen LogP contribution in [0.3, 0.4) is 0 Å². The van der Waals surface area contributed by atoms with E-state index in [0.717, 1.165) is 23.5 Å². The summed E-state index contributed by atoms with van der Waals surface area (Å²) in [4.78, 5) is 23.9. The minimum absolute atomic E-state index is 0.105. The Morgan fingerprint density at radius 3 is 2.45 bits per heavy atom. The van der Waals surface area contributed by atoms with Gasteiger partial charge < -0.3 is 4.84 Å². The van der Waals surface area contributed by atoms with Crippen LogP contribution < -0.4 is 5.48 Å². The van der Waals surface area contributed by atoms with Crippen LogP contribution >= 0.6 is 11.3 Å². The van der Waals surface area contributed by atoms with Crippen molar-refractivity contribution in [2.45, 2.75) is 17.8 Å². The summed E-state index contributed by atoms with van der Waals surface area (Å²) in [5.74, 6) is -2.39. The molecule has 13 heteroatoms. The molecule has 0 radical (unpaired) electrons. The molecule has 2 aromatic heterocycles. The minimum Gasteiger partial charge on any atom is -0.343 e. The second-order valence-electron chi connectivity index (χ2n) is 6.53. The highest BCUT2D eigenvalue weighted by Crippen LogP contribution is 2.32. The second kappa shape index (κ2) is 9.67. The quantitative estimate of drug-likeness (QED) is 0.280. The Hall–Kier alpha value is -3.32. The number of carbonyl (C=O) groups excluding carboxylic acids is 1. The van der Waals surface area contributed by atoms with Crippen LogP contribution in [0.5, 0.6) is 0 Å². The molecule has 0 fully saturated rings. The fraction of sp³-hybridized carbons (Fsp3) is 0.150. The van der Waals surface area contributed by atoms with E-state index in [0.29, 0.717) is 16.5 Å². The molecule has 7 nitrogen and oxygen atoms in total. The molecular weight excluding hydrogens is 486 g/mol. The number of carbonyl (C=O) groups is 1. The average molecular weight is 501 g/mol. The van der Waals surface area contributed by atoms with Crippen LogP contribution in [-0.4, -0.2) is 30.1 Å². The molecule has 0 saturated carbocycles. The molecule has 0 aliphatic rings. The highest BCUT2D eigenvalue weighted by molar-refractivity contribution is 7.91. The van der Waals surface area contributed by atoms with Crippen molar-refractivity contribution in [3.05, 3.63) is 71.5 Å². The van der Waals surface area contributed by atoms with E-state index in [-0.39, 0.29) is 11.4 Å². The number of nitrogens with zero attached hydrogens (tertiary/aromatic N) is 2. The predicted octanol–water partition coefficient (Wildman–Crippen LogP) is 4.25. The average Bonchev–Trinajstić information content (AvgIpc) is 3.31. The number of aromatic nitrogens is 2. The molecule has 0 bridgehead atoms. The van der Waals surface area contributed by atoms with E-state index in [4.69, 9.17) is 4.84 Å². The van der Waals surface area contributed by atoms with Gasteiger partial charge in [-0.25, -0.2) is 33.1 Å². The molecule has 0 unspecified atom stereocenters. The molecule has 33 heavy (non-hydrogen) atoms. The Kier molecular flexibility index (Phi) is 7.12. The summed E-state index contributed by atoms with van der Waals surface area (Å²) < 4.78 is 77.8. The van der Waals surface area contributed by atoms with E-state index in [9.17, 15) is 30.8 Å². The fourth-order valence-corrected chi connectivity index (χ4v) is 4.23. The van der Waals surface area contributed by atoms with E-state index in [2.05, 4.69) is 22.0 Å². The molecule has 0 saturated heterocycles. The van der Waals surface area contributed by atoms with Crippen molar-refractivity contribution in [3.8, 4) is 10.6 Å². The smallest absolute Gasteiger partial charge is 0.343 e. The maximum atomic E-state index is 13.2. The molecule has 0 atom stereocenters. The van der Waals surface area contributed by atoms with Gasteiger partial charge in [-0.1, -0.05) is 12.6 Å². The van der Waals surface area contributed by atoms with Gasteiger partial charge in [0, 0.05) is 5.56 Å². The van der Waals surface area contributed by atoms with Crippen LogP contribution in [-0.2, 0) is 25.6 Å². The Labute approximate surface area is 189 Å². The summed E-state index contributed by atoms with van der Waals surface area (Å²) in [5, 5.41) is 0.555. The van der Waals surface area contributed by atoms with E-state index < -0.39 is 50.8 Å². The van der Waals surface area contributed by atoms with E-state index >= 15 is 0 Å². The van der Waals surface area contributed by atoms with Gasteiger partial charge in [-0.3, -0.25) is 0 Å². The van der Waals surface area contributed by atoms with Crippen LogP contribution in [0.1, 0.15) is 17.7 Å². The maximum absolute atomic E-state index is 13.2. The molecule has 0 aliphatic carbocycles. The number of sulfone groups is 1. The Balaban J connectivity index is 1.69. The lowest BCUT2D eigenvalue weighted by atomic mass is 10.2. The van der Waals surface area contributed by atoms with Crippen LogP contribution in [0, 0.1) is 5.82 Å². The molecule has 174 valence electrons. The van der Waals surface area contributed by atoms with Gasteiger partial charge in [0.15, 0.2) is 0 Å². The highest BCUT2D eigenvalue weighted by Gasteiger charge is 2.35. The minimum atomic E-state index is -4.90. The topological polar surface area (TPSA) is 98.2 Å². The van der Waals surface area contributed by atoms with Gasteiger partial charge in [0.1, 0.15) is 11.5 Å². The van der Waals surface area contributed by atoms with Gasteiger partial charge in [-0.2, -0.15) is 13.2 Å². The SMILES string of the molecule is C=C(NOC(=O)CCS(=O)(=O)c1nc(-c2cccs2)cc(C(F)(F)F)n1)c1ccc(F)cc1. The predicted molar refractivity (Wildman–Crippen MR) is 112 cm³/mol. The van der Waals surface area contributed by atoms with Crippen LogP contribution in [0.15, 0.2) is 59.6 Å². The van der Waals surface area contributed by atoms with Gasteiger partial charge in [0.05, 0.1) is 28.4 Å². The van der Waals surface area contributed by atoms with Crippen LogP contribution in [0.2, 0.25) is 0 Å². The maximum Gasteiger partial charge on any atom is 0.433 e. The van der Waals surface area contributed by atoms with Crippen LogP contribution in [0.25, 0.3) is 16.3 Å². The number of benzene rings is 1. The van der Waals surface area contributed by atoms with Gasteiger partial charge in [0.2, 0.25) is 15.0 Å². The lowest BCUT2D eigenvalue weighted by Gasteiger charge is -2.11. The molecule has 1 N–H and O–H groups in total. The highest BCUT2D eigenvalue weighted by atomic mass is 32.2. The summed E-state index contributed by atoms with van der Waals surface area (Å²) in [6.45, 7) is 3.60. The number of hydrogen-bond acceptors (Lipinski definition) is 8. The number of nitrogens with one attached hydrogen (secondary N) is 1. The van der Waals surface area contributed by atoms with Crippen molar-refractivity contribution in [1.82, 2.24) is 15.4 Å². The third-order valence-corrected chi connectivity index (χ3v) is 6.48. The Morgan fingerprint density at radius 2 is 1.85 bits per heavy atom. The zero-order chi connectivity index (χ0) is 24.2. The van der Waals surface area contributed by atoms with Crippen LogP contribution in [0.4, 0.5) is 17.6 Å². The summed E-state index contributed by atoms with van der Waals surface area (Å²) in [7, 11) is -4.46. The fourth-order valence-electron chi connectivity index (χ4n) is 2.45. The zero-order valence-electron chi connectivity index (χ0n) is 16.6. The van der Waals surface area contributed by atoms with Crippen molar-refractivity contribution < 1.29 is 35.6 Å². The normalized spacial score (nSPS) is 11.8. The van der Waals surface area contributed by atoms with Crippen molar-refractivity contribution in [2.75, 3.05) is 5.75 Å². The number of hydroxylamine groups is 1. The van der Waals surface area contributed by atoms with Crippen molar-refractivity contribution in [1.29, 1.82) is 0 Å². The molecular formula is C20H15F4N3O4S2. The molecule has 3 aromatic rings. The third-order valence-electron chi connectivity index (χ3n) is 4.10. The van der Waals surface area contributed by atoms with Crippen molar-refractivity contribution in [3.63, 3.8) is 0 Å². The first-order valence-electron chi connectivity index (χ1n) is 9.09. The van der Waals surface area contributed by atoms with E-state index in [1.807, 2.05) is 0 Å². The Bertz CT molecular complexity index is 1260. The van der Waals surface area contributed by atoms with Crippen molar-refractivity contribution >= 4 is 32.8 Å². The zero-order valence-corrected chi connectivity index (χ0v) is 18.2. The van der Waals surface area contributed by atoms with E-state index in [1.54, 1.807) is 11.4 Å². The standard InChI is InChI=1S/C20H15F4N3O4S2/c1-12(13-4-6-14(21)7-5-13)27-31-18(28)8-10-33(29,30)19-25-15(16-3-2-9-32-16)11-17(26-19)20(22,23)24/h2-7,9,11,27H,1,8,10H2. The van der Waals surface area contributed by atoms with Gasteiger partial charge in [-0.05, 0) is 41.8 Å². The number of alkyl halides is 3. The molecule has 0 amide bonds. The van der Waals surface area contributed by atoms with E-state index in [1.165, 1.54) is 18.2 Å². The molecule has 2 heterocycles. The first-order chi connectivity index (χ1) is 15.5. The summed E-state index contributed by atoms with van der Waals surface area (Å²) in [6, 6.07) is 8.79. The number of halogens is 4.